The largest absolute Gasteiger partial charge is 0.328 e. The lowest BCUT2D eigenvalue weighted by Gasteiger charge is -2.11. The van der Waals surface area contributed by atoms with E-state index in [0.717, 1.165) is 12.3 Å². The monoisotopic (exact) mass is 405 g/mol. The first-order valence-corrected chi connectivity index (χ1v) is 13.2. The third-order valence-electron chi connectivity index (χ3n) is 5.88. The van der Waals surface area contributed by atoms with Crippen LogP contribution in [0.15, 0.2) is 24.3 Å². The standard InChI is InChI=1S/C28H55N/c1-4-5-6-7-8-9-10-11-12-13-14-15-16-17-18-19-22-25-28(29)26-23-20-21-24-27(2)3/h8-9,11-12,27-28H,4-7,10,13-26,29H2,1-3H3/b9-8+,12-11+. The summed E-state index contributed by atoms with van der Waals surface area (Å²) in [5, 5.41) is 0. The quantitative estimate of drug-likeness (QED) is 0.141. The Hall–Kier alpha value is -0.560. The van der Waals surface area contributed by atoms with Crippen LogP contribution in [0, 0.1) is 5.92 Å². The van der Waals surface area contributed by atoms with E-state index in [9.17, 15) is 0 Å². The fourth-order valence-electron chi connectivity index (χ4n) is 3.85. The molecule has 0 aromatic rings. The van der Waals surface area contributed by atoms with Crippen molar-refractivity contribution in [2.24, 2.45) is 11.7 Å². The summed E-state index contributed by atoms with van der Waals surface area (Å²) in [6, 6.07) is 0.451. The molecule has 0 amide bonds. The van der Waals surface area contributed by atoms with Gasteiger partial charge in [-0.05, 0) is 50.9 Å². The number of unbranched alkanes of at least 4 members (excludes halogenated alkanes) is 12. The second kappa shape index (κ2) is 23.7. The van der Waals surface area contributed by atoms with Crippen LogP contribution in [0.2, 0.25) is 0 Å². The molecular weight excluding hydrogens is 350 g/mol. The van der Waals surface area contributed by atoms with Gasteiger partial charge in [0.25, 0.3) is 0 Å². The first kappa shape index (κ1) is 28.4. The van der Waals surface area contributed by atoms with E-state index < -0.39 is 0 Å². The van der Waals surface area contributed by atoms with E-state index in [2.05, 4.69) is 45.1 Å². The minimum Gasteiger partial charge on any atom is -0.328 e. The molecule has 2 N–H and O–H groups in total. The molecule has 1 heteroatoms. The molecule has 0 aromatic carbocycles. The van der Waals surface area contributed by atoms with Crippen LogP contribution in [0.3, 0.4) is 0 Å². The Bertz CT molecular complexity index is 355. The van der Waals surface area contributed by atoms with Crippen molar-refractivity contribution in [3.8, 4) is 0 Å². The summed E-state index contributed by atoms with van der Waals surface area (Å²) in [4.78, 5) is 0. The van der Waals surface area contributed by atoms with Crippen molar-refractivity contribution in [2.45, 2.75) is 149 Å². The van der Waals surface area contributed by atoms with Crippen LogP contribution in [-0.4, -0.2) is 6.04 Å². The zero-order valence-electron chi connectivity index (χ0n) is 20.5. The van der Waals surface area contributed by atoms with Crippen molar-refractivity contribution >= 4 is 0 Å². The second-order valence-corrected chi connectivity index (χ2v) is 9.52. The number of allylic oxidation sites excluding steroid dienone is 4. The number of rotatable bonds is 22. The van der Waals surface area contributed by atoms with Gasteiger partial charge in [0.15, 0.2) is 0 Å². The molecule has 0 aliphatic carbocycles. The zero-order chi connectivity index (χ0) is 21.4. The molecule has 0 aliphatic rings. The van der Waals surface area contributed by atoms with E-state index >= 15 is 0 Å². The molecular formula is C28H55N. The maximum atomic E-state index is 6.27. The van der Waals surface area contributed by atoms with Crippen molar-refractivity contribution in [2.75, 3.05) is 0 Å². The van der Waals surface area contributed by atoms with Gasteiger partial charge in [-0.3, -0.25) is 0 Å². The van der Waals surface area contributed by atoms with Gasteiger partial charge in [-0.1, -0.05) is 122 Å². The highest BCUT2D eigenvalue weighted by molar-refractivity contribution is 4.92. The summed E-state index contributed by atoms with van der Waals surface area (Å²) in [6.45, 7) is 6.90. The second-order valence-electron chi connectivity index (χ2n) is 9.52. The van der Waals surface area contributed by atoms with Gasteiger partial charge in [-0.2, -0.15) is 0 Å². The van der Waals surface area contributed by atoms with Crippen molar-refractivity contribution in [3.63, 3.8) is 0 Å². The molecule has 0 heterocycles. The lowest BCUT2D eigenvalue weighted by molar-refractivity contribution is 0.470. The molecule has 0 saturated heterocycles. The molecule has 0 aliphatic heterocycles. The first-order chi connectivity index (χ1) is 14.2. The Labute approximate surface area is 185 Å². The predicted molar refractivity (Wildman–Crippen MR) is 134 cm³/mol. The minimum atomic E-state index is 0.451. The molecule has 29 heavy (non-hydrogen) atoms. The lowest BCUT2D eigenvalue weighted by atomic mass is 9.99. The van der Waals surface area contributed by atoms with E-state index in [1.807, 2.05) is 0 Å². The van der Waals surface area contributed by atoms with E-state index in [1.165, 1.54) is 116 Å². The van der Waals surface area contributed by atoms with Gasteiger partial charge in [0.1, 0.15) is 0 Å². The van der Waals surface area contributed by atoms with Crippen LogP contribution >= 0.6 is 0 Å². The maximum absolute atomic E-state index is 6.27. The molecule has 1 unspecified atom stereocenters. The third kappa shape index (κ3) is 25.4. The highest BCUT2D eigenvalue weighted by atomic mass is 14.6. The van der Waals surface area contributed by atoms with E-state index in [0.29, 0.717) is 6.04 Å². The lowest BCUT2D eigenvalue weighted by Crippen LogP contribution is -2.19. The fraction of sp³-hybridized carbons (Fsp3) is 0.857. The Kier molecular flexibility index (Phi) is 23.3. The Morgan fingerprint density at radius 1 is 0.552 bits per heavy atom. The molecule has 0 saturated carbocycles. The number of hydrogen-bond acceptors (Lipinski definition) is 1. The third-order valence-corrected chi connectivity index (χ3v) is 5.88. The Balaban J connectivity index is 3.24. The average Bonchev–Trinajstić information content (AvgIpc) is 2.69. The Morgan fingerprint density at radius 2 is 1.00 bits per heavy atom. The topological polar surface area (TPSA) is 26.0 Å². The summed E-state index contributed by atoms with van der Waals surface area (Å²) in [5.41, 5.74) is 6.27. The van der Waals surface area contributed by atoms with Crippen molar-refractivity contribution in [3.05, 3.63) is 24.3 Å². The van der Waals surface area contributed by atoms with Crippen LogP contribution < -0.4 is 5.73 Å². The van der Waals surface area contributed by atoms with Crippen LogP contribution in [0.5, 0.6) is 0 Å². The molecule has 0 spiro atoms. The predicted octanol–water partition coefficient (Wildman–Crippen LogP) is 9.51. The first-order valence-electron chi connectivity index (χ1n) is 13.2. The molecule has 0 fully saturated rings. The van der Waals surface area contributed by atoms with Gasteiger partial charge in [0.2, 0.25) is 0 Å². The van der Waals surface area contributed by atoms with Crippen molar-refractivity contribution in [1.82, 2.24) is 0 Å². The highest BCUT2D eigenvalue weighted by Crippen LogP contribution is 2.14. The summed E-state index contributed by atoms with van der Waals surface area (Å²) in [7, 11) is 0. The van der Waals surface area contributed by atoms with Gasteiger partial charge in [0, 0.05) is 6.04 Å². The van der Waals surface area contributed by atoms with E-state index in [1.54, 1.807) is 0 Å². The van der Waals surface area contributed by atoms with Crippen molar-refractivity contribution < 1.29 is 0 Å². The van der Waals surface area contributed by atoms with Gasteiger partial charge < -0.3 is 5.73 Å². The molecule has 0 aromatic heterocycles. The average molecular weight is 406 g/mol. The fourth-order valence-corrected chi connectivity index (χ4v) is 3.85. The minimum absolute atomic E-state index is 0.451. The summed E-state index contributed by atoms with van der Waals surface area (Å²) < 4.78 is 0. The van der Waals surface area contributed by atoms with Crippen LogP contribution in [-0.2, 0) is 0 Å². The molecule has 172 valence electrons. The molecule has 0 bridgehead atoms. The molecule has 0 rings (SSSR count). The smallest absolute Gasteiger partial charge is 0.00388 e. The van der Waals surface area contributed by atoms with E-state index in [4.69, 9.17) is 5.73 Å². The van der Waals surface area contributed by atoms with E-state index in [-0.39, 0.29) is 0 Å². The highest BCUT2D eigenvalue weighted by Gasteiger charge is 2.02. The SMILES string of the molecule is CCCCC/C=C/C/C=C/CCCCCCCCCC(N)CCCCCC(C)C. The Morgan fingerprint density at radius 3 is 1.55 bits per heavy atom. The van der Waals surface area contributed by atoms with Gasteiger partial charge in [0.05, 0.1) is 0 Å². The molecule has 1 nitrogen and oxygen atoms in total. The summed E-state index contributed by atoms with van der Waals surface area (Å²) in [6.07, 6.45) is 34.7. The number of nitrogens with two attached hydrogens (primary N) is 1. The molecule has 1 atom stereocenters. The summed E-state index contributed by atoms with van der Waals surface area (Å²) >= 11 is 0. The molecule has 0 radical (unpaired) electrons. The van der Waals surface area contributed by atoms with Gasteiger partial charge in [-0.25, -0.2) is 0 Å². The number of hydrogen-bond donors (Lipinski definition) is 1. The normalized spacial score (nSPS) is 13.3. The maximum Gasteiger partial charge on any atom is 0.00388 e. The van der Waals surface area contributed by atoms with Crippen molar-refractivity contribution in [1.29, 1.82) is 0 Å². The van der Waals surface area contributed by atoms with Crippen LogP contribution in [0.1, 0.15) is 143 Å². The van der Waals surface area contributed by atoms with Gasteiger partial charge in [-0.15, -0.1) is 0 Å². The van der Waals surface area contributed by atoms with Crippen LogP contribution in [0.4, 0.5) is 0 Å². The summed E-state index contributed by atoms with van der Waals surface area (Å²) in [5.74, 6) is 0.854. The zero-order valence-corrected chi connectivity index (χ0v) is 20.5. The van der Waals surface area contributed by atoms with Gasteiger partial charge >= 0.3 is 0 Å². The van der Waals surface area contributed by atoms with Crippen LogP contribution in [0.25, 0.3) is 0 Å².